The van der Waals surface area contributed by atoms with Crippen molar-refractivity contribution in [2.75, 3.05) is 5.32 Å². The Labute approximate surface area is 111 Å². The number of aromatic nitrogens is 3. The molecule has 0 atom stereocenters. The molecule has 19 heavy (non-hydrogen) atoms. The van der Waals surface area contributed by atoms with Crippen LogP contribution in [0.4, 0.5) is 5.69 Å². The van der Waals surface area contributed by atoms with Crippen LogP contribution in [0.3, 0.4) is 0 Å². The van der Waals surface area contributed by atoms with E-state index in [1.54, 1.807) is 12.5 Å². The van der Waals surface area contributed by atoms with Crippen molar-refractivity contribution >= 4 is 16.6 Å². The summed E-state index contributed by atoms with van der Waals surface area (Å²) < 4.78 is 0. The molecule has 2 heterocycles. The minimum Gasteiger partial charge on any atom is -0.379 e. The van der Waals surface area contributed by atoms with E-state index in [9.17, 15) is 0 Å². The van der Waals surface area contributed by atoms with Crippen LogP contribution < -0.4 is 5.32 Å². The van der Waals surface area contributed by atoms with Gasteiger partial charge in [0.1, 0.15) is 6.33 Å². The molecule has 4 heteroatoms. The number of hydrogen-bond donors (Lipinski definition) is 1. The van der Waals surface area contributed by atoms with Gasteiger partial charge in [0, 0.05) is 23.5 Å². The van der Waals surface area contributed by atoms with E-state index >= 15 is 0 Å². The first-order chi connectivity index (χ1) is 9.34. The van der Waals surface area contributed by atoms with E-state index in [-0.39, 0.29) is 0 Å². The lowest BCUT2D eigenvalue weighted by atomic mass is 10.1. The zero-order chi connectivity index (χ0) is 13.1. The van der Waals surface area contributed by atoms with E-state index in [0.29, 0.717) is 6.54 Å². The Morgan fingerprint density at radius 1 is 1.05 bits per heavy atom. The van der Waals surface area contributed by atoms with E-state index in [4.69, 9.17) is 0 Å². The van der Waals surface area contributed by atoms with Gasteiger partial charge in [0.05, 0.1) is 17.8 Å². The number of hydrogen-bond acceptors (Lipinski definition) is 4. The molecule has 1 aromatic carbocycles. The minimum atomic E-state index is 0.676. The second kappa shape index (κ2) is 5.02. The number of aryl methyl sites for hydroxylation is 1. The van der Waals surface area contributed by atoms with Gasteiger partial charge in [0.15, 0.2) is 0 Å². The molecule has 2 aromatic heterocycles. The number of pyridine rings is 1. The van der Waals surface area contributed by atoms with E-state index in [1.807, 2.05) is 18.3 Å². The first-order valence-corrected chi connectivity index (χ1v) is 6.18. The van der Waals surface area contributed by atoms with Crippen molar-refractivity contribution in [3.63, 3.8) is 0 Å². The highest BCUT2D eigenvalue weighted by atomic mass is 14.9. The van der Waals surface area contributed by atoms with Crippen molar-refractivity contribution in [1.82, 2.24) is 15.0 Å². The minimum absolute atomic E-state index is 0.676. The first kappa shape index (κ1) is 11.6. The summed E-state index contributed by atoms with van der Waals surface area (Å²) in [5, 5.41) is 4.54. The third-order valence-corrected chi connectivity index (χ3v) is 3.07. The molecule has 4 nitrogen and oxygen atoms in total. The molecule has 0 unspecified atom stereocenters. The summed E-state index contributed by atoms with van der Waals surface area (Å²) in [6.07, 6.45) is 5.13. The van der Waals surface area contributed by atoms with Gasteiger partial charge in [-0.3, -0.25) is 4.98 Å². The van der Waals surface area contributed by atoms with Crippen molar-refractivity contribution < 1.29 is 0 Å². The molecule has 3 aromatic rings. The molecule has 0 amide bonds. The Bertz CT molecular complexity index is 695. The lowest BCUT2D eigenvalue weighted by Crippen LogP contribution is -2.02. The molecule has 0 saturated heterocycles. The Hall–Kier alpha value is -2.49. The lowest BCUT2D eigenvalue weighted by molar-refractivity contribution is 1.01. The molecule has 0 saturated carbocycles. The third-order valence-electron chi connectivity index (χ3n) is 3.07. The number of anilines is 1. The third kappa shape index (κ3) is 2.38. The predicted octanol–water partition coefficient (Wildman–Crippen LogP) is 2.95. The molecule has 0 bridgehead atoms. The highest BCUT2D eigenvalue weighted by Gasteiger charge is 2.04. The van der Waals surface area contributed by atoms with Crippen LogP contribution >= 0.6 is 0 Å². The highest BCUT2D eigenvalue weighted by Crippen LogP contribution is 2.24. The molecule has 0 aliphatic carbocycles. The van der Waals surface area contributed by atoms with Crippen molar-refractivity contribution in [2.45, 2.75) is 13.5 Å². The summed E-state index contributed by atoms with van der Waals surface area (Å²) in [6.45, 7) is 2.75. The largest absolute Gasteiger partial charge is 0.379 e. The van der Waals surface area contributed by atoms with Gasteiger partial charge in [-0.1, -0.05) is 6.07 Å². The van der Waals surface area contributed by atoms with Crippen LogP contribution in [-0.2, 0) is 6.54 Å². The van der Waals surface area contributed by atoms with Gasteiger partial charge in [-0.05, 0) is 36.8 Å². The van der Waals surface area contributed by atoms with Crippen molar-refractivity contribution in [2.24, 2.45) is 0 Å². The lowest BCUT2D eigenvalue weighted by Gasteiger charge is -2.10. The van der Waals surface area contributed by atoms with E-state index in [2.05, 4.69) is 45.4 Å². The Kier molecular flexibility index (Phi) is 3.06. The maximum absolute atomic E-state index is 4.43. The monoisotopic (exact) mass is 250 g/mol. The summed E-state index contributed by atoms with van der Waals surface area (Å²) in [5.74, 6) is 0. The maximum atomic E-state index is 4.43. The molecule has 0 fully saturated rings. The van der Waals surface area contributed by atoms with Gasteiger partial charge < -0.3 is 5.32 Å². The summed E-state index contributed by atoms with van der Waals surface area (Å²) in [5.41, 5.74) is 4.26. The highest BCUT2D eigenvalue weighted by molar-refractivity contribution is 5.93. The van der Waals surface area contributed by atoms with Gasteiger partial charge in [-0.2, -0.15) is 0 Å². The van der Waals surface area contributed by atoms with Crippen LogP contribution in [0.2, 0.25) is 0 Å². The maximum Gasteiger partial charge on any atom is 0.115 e. The standard InChI is InChI=1S/C15H14N4/c1-11-4-5-14(13-3-2-7-17-15(11)13)18-9-12-6-8-16-10-19-12/h2-8,10,18H,9H2,1H3. The quantitative estimate of drug-likeness (QED) is 0.776. The van der Waals surface area contributed by atoms with Crippen molar-refractivity contribution in [3.05, 3.63) is 60.3 Å². The Morgan fingerprint density at radius 3 is 2.84 bits per heavy atom. The average molecular weight is 250 g/mol. The molecule has 1 N–H and O–H groups in total. The Morgan fingerprint density at radius 2 is 2.00 bits per heavy atom. The van der Waals surface area contributed by atoms with Crippen LogP contribution in [0.1, 0.15) is 11.3 Å². The van der Waals surface area contributed by atoms with Crippen LogP contribution in [0.15, 0.2) is 49.1 Å². The molecule has 0 aliphatic heterocycles. The fourth-order valence-corrected chi connectivity index (χ4v) is 2.08. The van der Waals surface area contributed by atoms with Gasteiger partial charge in [0.2, 0.25) is 0 Å². The summed E-state index contributed by atoms with van der Waals surface area (Å²) in [4.78, 5) is 12.5. The first-order valence-electron chi connectivity index (χ1n) is 6.18. The fraction of sp³-hybridized carbons (Fsp3) is 0.133. The average Bonchev–Trinajstić information content (AvgIpc) is 2.48. The second-order valence-electron chi connectivity index (χ2n) is 4.38. The van der Waals surface area contributed by atoms with Crippen LogP contribution in [0.25, 0.3) is 10.9 Å². The molecule has 0 radical (unpaired) electrons. The molecular formula is C15H14N4. The summed E-state index contributed by atoms with van der Waals surface area (Å²) in [6, 6.07) is 10.1. The SMILES string of the molecule is Cc1ccc(NCc2ccncn2)c2cccnc12. The van der Waals surface area contributed by atoms with Crippen LogP contribution in [0, 0.1) is 6.92 Å². The van der Waals surface area contributed by atoms with Crippen molar-refractivity contribution in [3.8, 4) is 0 Å². The van der Waals surface area contributed by atoms with E-state index in [0.717, 1.165) is 22.3 Å². The Balaban J connectivity index is 1.91. The van der Waals surface area contributed by atoms with E-state index < -0.39 is 0 Å². The topological polar surface area (TPSA) is 50.7 Å². The molecule has 0 spiro atoms. The molecular weight excluding hydrogens is 236 g/mol. The second-order valence-corrected chi connectivity index (χ2v) is 4.38. The van der Waals surface area contributed by atoms with Crippen LogP contribution in [-0.4, -0.2) is 15.0 Å². The summed E-state index contributed by atoms with van der Waals surface area (Å²) >= 11 is 0. The summed E-state index contributed by atoms with van der Waals surface area (Å²) in [7, 11) is 0. The fourth-order valence-electron chi connectivity index (χ4n) is 2.08. The number of benzene rings is 1. The van der Waals surface area contributed by atoms with Gasteiger partial charge >= 0.3 is 0 Å². The molecule has 3 rings (SSSR count). The van der Waals surface area contributed by atoms with Crippen molar-refractivity contribution in [1.29, 1.82) is 0 Å². The van der Waals surface area contributed by atoms with Gasteiger partial charge in [-0.25, -0.2) is 9.97 Å². The number of rotatable bonds is 3. The number of nitrogens with one attached hydrogen (secondary N) is 1. The smallest absolute Gasteiger partial charge is 0.115 e. The van der Waals surface area contributed by atoms with E-state index in [1.165, 1.54) is 5.56 Å². The van der Waals surface area contributed by atoms with Crippen LogP contribution in [0.5, 0.6) is 0 Å². The normalized spacial score (nSPS) is 10.6. The molecule has 94 valence electrons. The number of fused-ring (bicyclic) bond motifs is 1. The zero-order valence-corrected chi connectivity index (χ0v) is 10.7. The zero-order valence-electron chi connectivity index (χ0n) is 10.7. The van der Waals surface area contributed by atoms with Gasteiger partial charge in [0.25, 0.3) is 0 Å². The number of nitrogens with zero attached hydrogens (tertiary/aromatic N) is 3. The predicted molar refractivity (Wildman–Crippen MR) is 75.8 cm³/mol. The van der Waals surface area contributed by atoms with Gasteiger partial charge in [-0.15, -0.1) is 0 Å². The molecule has 0 aliphatic rings.